The lowest BCUT2D eigenvalue weighted by Crippen LogP contribution is -2.36. The van der Waals surface area contributed by atoms with E-state index in [9.17, 15) is 9.59 Å². The monoisotopic (exact) mass is 310 g/mol. The standard InChI is InChI=1S/C18H18N2O3/c1-18(2)9-15(21)14-8-13(5-6-16(14)23-18)17(22)20-11-12-4-3-7-19-10-12/h3-8,10H,9,11H2,1-2H3,(H,20,22). The van der Waals surface area contributed by atoms with Crippen LogP contribution in [0.5, 0.6) is 5.75 Å². The van der Waals surface area contributed by atoms with Crippen LogP contribution in [0.25, 0.3) is 0 Å². The summed E-state index contributed by atoms with van der Waals surface area (Å²) in [6, 6.07) is 8.67. The van der Waals surface area contributed by atoms with Crippen molar-refractivity contribution in [3.05, 3.63) is 59.4 Å². The molecule has 0 radical (unpaired) electrons. The number of aromatic nitrogens is 1. The molecule has 1 aliphatic rings. The summed E-state index contributed by atoms with van der Waals surface area (Å²) in [4.78, 5) is 28.5. The summed E-state index contributed by atoms with van der Waals surface area (Å²) < 4.78 is 5.79. The van der Waals surface area contributed by atoms with E-state index in [0.717, 1.165) is 5.56 Å². The Balaban J connectivity index is 1.75. The number of carbonyl (C=O) groups is 2. The summed E-state index contributed by atoms with van der Waals surface area (Å²) in [5, 5.41) is 2.82. The maximum Gasteiger partial charge on any atom is 0.251 e. The van der Waals surface area contributed by atoms with Crippen LogP contribution in [0.4, 0.5) is 0 Å². The minimum absolute atomic E-state index is 0.00170. The number of fused-ring (bicyclic) bond motifs is 1. The molecule has 5 heteroatoms. The Labute approximate surface area is 134 Å². The van der Waals surface area contributed by atoms with Crippen LogP contribution < -0.4 is 10.1 Å². The van der Waals surface area contributed by atoms with Gasteiger partial charge in [-0.15, -0.1) is 0 Å². The molecule has 1 aromatic carbocycles. The molecule has 3 rings (SSSR count). The lowest BCUT2D eigenvalue weighted by molar-refractivity contribution is 0.0620. The van der Waals surface area contributed by atoms with Crippen molar-refractivity contribution in [1.29, 1.82) is 0 Å². The molecule has 0 unspecified atom stereocenters. The van der Waals surface area contributed by atoms with Gasteiger partial charge in [-0.1, -0.05) is 6.07 Å². The van der Waals surface area contributed by atoms with E-state index in [-0.39, 0.29) is 11.7 Å². The van der Waals surface area contributed by atoms with E-state index in [0.29, 0.717) is 29.8 Å². The van der Waals surface area contributed by atoms with Gasteiger partial charge in [-0.25, -0.2) is 0 Å². The summed E-state index contributed by atoms with van der Waals surface area (Å²) in [5.74, 6) is 0.308. The number of benzene rings is 1. The number of nitrogens with one attached hydrogen (secondary N) is 1. The van der Waals surface area contributed by atoms with Crippen molar-refractivity contribution in [3.63, 3.8) is 0 Å². The summed E-state index contributed by atoms with van der Waals surface area (Å²) in [6.45, 7) is 4.14. The SMILES string of the molecule is CC1(C)CC(=O)c2cc(C(=O)NCc3cccnc3)ccc2O1. The number of hydrogen-bond donors (Lipinski definition) is 1. The van der Waals surface area contributed by atoms with Crippen LogP contribution in [0.15, 0.2) is 42.7 Å². The maximum atomic E-state index is 12.3. The molecule has 1 N–H and O–H groups in total. The van der Waals surface area contributed by atoms with E-state index in [1.165, 1.54) is 0 Å². The Morgan fingerprint density at radius 2 is 2.17 bits per heavy atom. The van der Waals surface area contributed by atoms with Gasteiger partial charge in [0, 0.05) is 24.5 Å². The first kappa shape index (κ1) is 15.2. The van der Waals surface area contributed by atoms with Gasteiger partial charge in [-0.2, -0.15) is 0 Å². The molecular weight excluding hydrogens is 292 g/mol. The molecule has 1 aromatic heterocycles. The molecule has 0 saturated heterocycles. The fraction of sp³-hybridized carbons (Fsp3) is 0.278. The van der Waals surface area contributed by atoms with Crippen molar-refractivity contribution >= 4 is 11.7 Å². The van der Waals surface area contributed by atoms with Crippen molar-refractivity contribution in [1.82, 2.24) is 10.3 Å². The number of rotatable bonds is 3. The molecule has 0 saturated carbocycles. The Kier molecular flexibility index (Phi) is 3.86. The van der Waals surface area contributed by atoms with E-state index in [1.54, 1.807) is 30.6 Å². The van der Waals surface area contributed by atoms with Crippen molar-refractivity contribution in [2.75, 3.05) is 0 Å². The Morgan fingerprint density at radius 3 is 2.91 bits per heavy atom. The average Bonchev–Trinajstić information content (AvgIpc) is 2.52. The number of ether oxygens (including phenoxy) is 1. The van der Waals surface area contributed by atoms with Crippen LogP contribution in [0, 0.1) is 0 Å². The first-order chi connectivity index (χ1) is 10.9. The fourth-order valence-corrected chi connectivity index (χ4v) is 2.58. The van der Waals surface area contributed by atoms with Crippen molar-refractivity contribution in [2.45, 2.75) is 32.4 Å². The largest absolute Gasteiger partial charge is 0.487 e. The van der Waals surface area contributed by atoms with Gasteiger partial charge in [0.1, 0.15) is 11.4 Å². The van der Waals surface area contributed by atoms with Gasteiger partial charge in [0.15, 0.2) is 5.78 Å². The molecule has 0 bridgehead atoms. The van der Waals surface area contributed by atoms with Gasteiger partial charge in [-0.3, -0.25) is 14.6 Å². The zero-order chi connectivity index (χ0) is 16.4. The van der Waals surface area contributed by atoms with Gasteiger partial charge in [0.25, 0.3) is 5.91 Å². The summed E-state index contributed by atoms with van der Waals surface area (Å²) in [5.41, 5.74) is 1.33. The van der Waals surface area contributed by atoms with Crippen molar-refractivity contribution in [2.24, 2.45) is 0 Å². The molecule has 0 spiro atoms. The molecule has 1 aliphatic heterocycles. The predicted octanol–water partition coefficient (Wildman–Crippen LogP) is 2.76. The van der Waals surface area contributed by atoms with Crippen LogP contribution in [-0.2, 0) is 6.54 Å². The number of hydrogen-bond acceptors (Lipinski definition) is 4. The van der Waals surface area contributed by atoms with Crippen molar-refractivity contribution < 1.29 is 14.3 Å². The molecule has 5 nitrogen and oxygen atoms in total. The molecule has 0 fully saturated rings. The van der Waals surface area contributed by atoms with E-state index in [2.05, 4.69) is 10.3 Å². The highest BCUT2D eigenvalue weighted by atomic mass is 16.5. The number of pyridine rings is 1. The van der Waals surface area contributed by atoms with Crippen LogP contribution in [0.3, 0.4) is 0 Å². The topological polar surface area (TPSA) is 68.3 Å². The summed E-state index contributed by atoms with van der Waals surface area (Å²) in [7, 11) is 0. The van der Waals surface area contributed by atoms with E-state index in [4.69, 9.17) is 4.74 Å². The third kappa shape index (κ3) is 3.39. The molecule has 1 amide bonds. The Bertz CT molecular complexity index is 754. The van der Waals surface area contributed by atoms with Gasteiger partial charge < -0.3 is 10.1 Å². The number of Topliss-reactive ketones (excluding diaryl/α,β-unsaturated/α-hetero) is 1. The third-order valence-corrected chi connectivity index (χ3v) is 3.69. The average molecular weight is 310 g/mol. The first-order valence-corrected chi connectivity index (χ1v) is 7.48. The van der Waals surface area contributed by atoms with Gasteiger partial charge in [-0.05, 0) is 43.7 Å². The van der Waals surface area contributed by atoms with Crippen molar-refractivity contribution in [3.8, 4) is 5.75 Å². The molecule has 2 aromatic rings. The molecule has 0 atom stereocenters. The molecule has 2 heterocycles. The molecular formula is C18H18N2O3. The van der Waals surface area contributed by atoms with Gasteiger partial charge in [0.05, 0.1) is 12.0 Å². The molecule has 23 heavy (non-hydrogen) atoms. The number of amides is 1. The van der Waals surface area contributed by atoms with Crippen LogP contribution in [0.2, 0.25) is 0 Å². The summed E-state index contributed by atoms with van der Waals surface area (Å²) >= 11 is 0. The minimum atomic E-state index is -0.506. The number of carbonyl (C=O) groups excluding carboxylic acids is 2. The second-order valence-corrected chi connectivity index (χ2v) is 6.22. The van der Waals surface area contributed by atoms with Gasteiger partial charge >= 0.3 is 0 Å². The van der Waals surface area contributed by atoms with E-state index < -0.39 is 5.60 Å². The zero-order valence-electron chi connectivity index (χ0n) is 13.1. The quantitative estimate of drug-likeness (QED) is 0.946. The fourth-order valence-electron chi connectivity index (χ4n) is 2.58. The number of ketones is 1. The zero-order valence-corrected chi connectivity index (χ0v) is 13.1. The highest BCUT2D eigenvalue weighted by molar-refractivity contribution is 6.03. The third-order valence-electron chi connectivity index (χ3n) is 3.69. The highest BCUT2D eigenvalue weighted by Gasteiger charge is 2.32. The minimum Gasteiger partial charge on any atom is -0.487 e. The summed E-state index contributed by atoms with van der Waals surface area (Å²) in [6.07, 6.45) is 3.69. The van der Waals surface area contributed by atoms with E-state index >= 15 is 0 Å². The second kappa shape index (κ2) is 5.83. The van der Waals surface area contributed by atoms with E-state index in [1.807, 2.05) is 26.0 Å². The normalized spacial score (nSPS) is 15.5. The predicted molar refractivity (Wildman–Crippen MR) is 85.5 cm³/mol. The Hall–Kier alpha value is -2.69. The van der Waals surface area contributed by atoms with Crippen LogP contribution in [0.1, 0.15) is 46.5 Å². The van der Waals surface area contributed by atoms with Crippen LogP contribution >= 0.6 is 0 Å². The number of nitrogens with zero attached hydrogens (tertiary/aromatic N) is 1. The van der Waals surface area contributed by atoms with Gasteiger partial charge in [0.2, 0.25) is 0 Å². The molecule has 0 aliphatic carbocycles. The Morgan fingerprint density at radius 1 is 1.35 bits per heavy atom. The lowest BCUT2D eigenvalue weighted by atomic mass is 9.92. The smallest absolute Gasteiger partial charge is 0.251 e. The highest BCUT2D eigenvalue weighted by Crippen LogP contribution is 2.33. The van der Waals surface area contributed by atoms with Crippen LogP contribution in [-0.4, -0.2) is 22.3 Å². The lowest BCUT2D eigenvalue weighted by Gasteiger charge is -2.31. The first-order valence-electron chi connectivity index (χ1n) is 7.48. The maximum absolute atomic E-state index is 12.3. The molecule has 118 valence electrons. The second-order valence-electron chi connectivity index (χ2n) is 6.22.